The van der Waals surface area contributed by atoms with Gasteiger partial charge in [0, 0.05) is 12.5 Å². The van der Waals surface area contributed by atoms with Crippen LogP contribution in [0.1, 0.15) is 71.5 Å². The monoisotopic (exact) mass is 352 g/mol. The van der Waals surface area contributed by atoms with Gasteiger partial charge in [-0.25, -0.2) is 4.98 Å². The zero-order valence-corrected chi connectivity index (χ0v) is 16.1. The Morgan fingerprint density at radius 1 is 1.29 bits per heavy atom. The predicted octanol–water partition coefficient (Wildman–Crippen LogP) is 3.96. The highest BCUT2D eigenvalue weighted by molar-refractivity contribution is 7.99. The highest BCUT2D eigenvalue weighted by Gasteiger charge is 2.16. The molecular weight excluding hydrogens is 320 g/mol. The van der Waals surface area contributed by atoms with Crippen LogP contribution < -0.4 is 5.32 Å². The lowest BCUT2D eigenvalue weighted by molar-refractivity contribution is -0.119. The van der Waals surface area contributed by atoms with Gasteiger partial charge in [0.25, 0.3) is 0 Å². The van der Waals surface area contributed by atoms with Crippen molar-refractivity contribution in [2.45, 2.75) is 83.3 Å². The Hall–Kier alpha value is -1.04. The number of carbonyl (C=O) groups is 1. The van der Waals surface area contributed by atoms with Gasteiger partial charge in [0.15, 0.2) is 0 Å². The SMILES string of the molecule is CC(C)CC[C@H](C)NC(=O)CSc1n[nH]c(CCC2CCCC2)n1. The second kappa shape index (κ2) is 10.1. The number of hydrogen-bond acceptors (Lipinski definition) is 4. The first-order chi connectivity index (χ1) is 11.5. The third-order valence-corrected chi connectivity index (χ3v) is 5.54. The summed E-state index contributed by atoms with van der Waals surface area (Å²) >= 11 is 1.41. The molecule has 0 bridgehead atoms. The molecule has 0 radical (unpaired) electrons. The molecule has 136 valence electrons. The first kappa shape index (κ1) is 19.3. The van der Waals surface area contributed by atoms with Crippen LogP contribution in [0.3, 0.4) is 0 Å². The number of amides is 1. The molecule has 6 heteroatoms. The lowest BCUT2D eigenvalue weighted by Gasteiger charge is -2.14. The van der Waals surface area contributed by atoms with Crippen LogP contribution in [-0.4, -0.2) is 32.9 Å². The van der Waals surface area contributed by atoms with E-state index in [1.807, 2.05) is 0 Å². The van der Waals surface area contributed by atoms with Crippen molar-refractivity contribution in [3.63, 3.8) is 0 Å². The second-order valence-corrected chi connectivity index (χ2v) is 8.42. The van der Waals surface area contributed by atoms with Crippen molar-refractivity contribution in [1.29, 1.82) is 0 Å². The molecule has 0 aliphatic heterocycles. The summed E-state index contributed by atoms with van der Waals surface area (Å²) in [7, 11) is 0. The quantitative estimate of drug-likeness (QED) is 0.625. The van der Waals surface area contributed by atoms with E-state index in [0.29, 0.717) is 16.8 Å². The van der Waals surface area contributed by atoms with Crippen LogP contribution in [0.5, 0.6) is 0 Å². The largest absolute Gasteiger partial charge is 0.353 e. The van der Waals surface area contributed by atoms with E-state index < -0.39 is 0 Å². The van der Waals surface area contributed by atoms with Gasteiger partial charge < -0.3 is 5.32 Å². The highest BCUT2D eigenvalue weighted by Crippen LogP contribution is 2.28. The molecule has 0 spiro atoms. The van der Waals surface area contributed by atoms with Crippen LogP contribution in [0.2, 0.25) is 0 Å². The van der Waals surface area contributed by atoms with Crippen molar-refractivity contribution in [2.24, 2.45) is 11.8 Å². The van der Waals surface area contributed by atoms with Crippen molar-refractivity contribution >= 4 is 17.7 Å². The molecule has 2 N–H and O–H groups in total. The summed E-state index contributed by atoms with van der Waals surface area (Å²) in [4.78, 5) is 16.5. The number of rotatable bonds is 10. The first-order valence-corrected chi connectivity index (χ1v) is 10.3. The van der Waals surface area contributed by atoms with Crippen LogP contribution in [0.15, 0.2) is 5.16 Å². The summed E-state index contributed by atoms with van der Waals surface area (Å²) in [5, 5.41) is 11.0. The molecule has 1 aliphatic rings. The second-order valence-electron chi connectivity index (χ2n) is 7.48. The molecule has 1 aromatic rings. The summed E-state index contributed by atoms with van der Waals surface area (Å²) < 4.78 is 0. The van der Waals surface area contributed by atoms with Crippen molar-refractivity contribution in [1.82, 2.24) is 20.5 Å². The molecule has 1 atom stereocenters. The summed E-state index contributed by atoms with van der Waals surface area (Å²) in [5.41, 5.74) is 0. The summed E-state index contributed by atoms with van der Waals surface area (Å²) in [6.45, 7) is 6.48. The number of H-pyrrole nitrogens is 1. The van der Waals surface area contributed by atoms with Gasteiger partial charge in [-0.3, -0.25) is 9.89 Å². The number of aryl methyl sites for hydroxylation is 1. The van der Waals surface area contributed by atoms with Crippen molar-refractivity contribution in [3.05, 3.63) is 5.82 Å². The fraction of sp³-hybridized carbons (Fsp3) is 0.833. The van der Waals surface area contributed by atoms with Crippen LogP contribution in [-0.2, 0) is 11.2 Å². The van der Waals surface area contributed by atoms with E-state index in [0.717, 1.165) is 31.0 Å². The molecule has 0 unspecified atom stereocenters. The summed E-state index contributed by atoms with van der Waals surface area (Å²) in [5.74, 6) is 2.94. The molecule has 1 saturated carbocycles. The summed E-state index contributed by atoms with van der Waals surface area (Å²) in [6.07, 6.45) is 9.83. The standard InChI is InChI=1S/C18H32N4OS/c1-13(2)8-9-14(3)19-17(23)12-24-18-20-16(21-22-18)11-10-15-6-4-5-7-15/h13-15H,4-12H2,1-3H3,(H,19,23)(H,20,21,22)/t14-/m0/s1. The topological polar surface area (TPSA) is 70.7 Å². The maximum Gasteiger partial charge on any atom is 0.230 e. The van der Waals surface area contributed by atoms with Crippen LogP contribution in [0.4, 0.5) is 0 Å². The van der Waals surface area contributed by atoms with Crippen LogP contribution >= 0.6 is 11.8 Å². The average molecular weight is 353 g/mol. The van der Waals surface area contributed by atoms with E-state index in [9.17, 15) is 4.79 Å². The Balaban J connectivity index is 1.63. The zero-order valence-electron chi connectivity index (χ0n) is 15.3. The Kier molecular flexibility index (Phi) is 8.09. The number of nitrogens with zero attached hydrogens (tertiary/aromatic N) is 2. The fourth-order valence-electron chi connectivity index (χ4n) is 3.20. The molecular formula is C18H32N4OS. The minimum atomic E-state index is 0.0635. The summed E-state index contributed by atoms with van der Waals surface area (Å²) in [6, 6.07) is 0.231. The Bertz CT molecular complexity index is 497. The molecule has 1 heterocycles. The van der Waals surface area contributed by atoms with E-state index in [1.165, 1.54) is 43.9 Å². The van der Waals surface area contributed by atoms with Gasteiger partial charge in [-0.15, -0.1) is 5.10 Å². The molecule has 24 heavy (non-hydrogen) atoms. The van der Waals surface area contributed by atoms with Crippen molar-refractivity contribution in [2.75, 3.05) is 5.75 Å². The lowest BCUT2D eigenvalue weighted by Crippen LogP contribution is -2.34. The van der Waals surface area contributed by atoms with Gasteiger partial charge in [-0.05, 0) is 38.0 Å². The minimum absolute atomic E-state index is 0.0635. The number of carbonyl (C=O) groups excluding carboxylic acids is 1. The molecule has 1 aromatic heterocycles. The predicted molar refractivity (Wildman–Crippen MR) is 99.1 cm³/mol. The molecule has 0 saturated heterocycles. The van der Waals surface area contributed by atoms with E-state index in [4.69, 9.17) is 0 Å². The molecule has 2 rings (SSSR count). The van der Waals surface area contributed by atoms with E-state index in [-0.39, 0.29) is 11.9 Å². The van der Waals surface area contributed by atoms with Crippen molar-refractivity contribution < 1.29 is 4.79 Å². The maximum absolute atomic E-state index is 12.0. The molecule has 5 nitrogen and oxygen atoms in total. The maximum atomic E-state index is 12.0. The first-order valence-electron chi connectivity index (χ1n) is 9.36. The third kappa shape index (κ3) is 7.24. The number of aromatic amines is 1. The van der Waals surface area contributed by atoms with Gasteiger partial charge in [-0.1, -0.05) is 51.3 Å². The molecule has 1 amide bonds. The molecule has 1 fully saturated rings. The molecule has 1 aliphatic carbocycles. The zero-order chi connectivity index (χ0) is 17.4. The number of thioether (sulfide) groups is 1. The van der Waals surface area contributed by atoms with Gasteiger partial charge in [0.2, 0.25) is 11.1 Å². The minimum Gasteiger partial charge on any atom is -0.353 e. The van der Waals surface area contributed by atoms with E-state index in [2.05, 4.69) is 41.3 Å². The fourth-order valence-corrected chi connectivity index (χ4v) is 3.82. The van der Waals surface area contributed by atoms with Gasteiger partial charge in [-0.2, -0.15) is 0 Å². The normalized spacial score (nSPS) is 16.7. The Morgan fingerprint density at radius 3 is 2.75 bits per heavy atom. The van der Waals surface area contributed by atoms with Crippen LogP contribution in [0.25, 0.3) is 0 Å². The van der Waals surface area contributed by atoms with E-state index >= 15 is 0 Å². The smallest absolute Gasteiger partial charge is 0.230 e. The number of hydrogen-bond donors (Lipinski definition) is 2. The average Bonchev–Trinajstić information content (AvgIpc) is 3.20. The van der Waals surface area contributed by atoms with Gasteiger partial charge >= 0.3 is 0 Å². The van der Waals surface area contributed by atoms with Crippen molar-refractivity contribution in [3.8, 4) is 0 Å². The number of aromatic nitrogens is 3. The third-order valence-electron chi connectivity index (χ3n) is 4.69. The van der Waals surface area contributed by atoms with Gasteiger partial charge in [0.1, 0.15) is 5.82 Å². The van der Waals surface area contributed by atoms with Gasteiger partial charge in [0.05, 0.1) is 5.75 Å². The molecule has 0 aromatic carbocycles. The number of nitrogens with one attached hydrogen (secondary N) is 2. The van der Waals surface area contributed by atoms with Crippen LogP contribution in [0, 0.1) is 11.8 Å². The Labute approximate surface area is 150 Å². The highest BCUT2D eigenvalue weighted by atomic mass is 32.2. The lowest BCUT2D eigenvalue weighted by atomic mass is 10.0. The Morgan fingerprint density at radius 2 is 2.04 bits per heavy atom. The van der Waals surface area contributed by atoms with E-state index in [1.54, 1.807) is 0 Å².